The molecule has 1 aromatic carbocycles. The molecule has 1 unspecified atom stereocenters. The molecule has 2 aromatic rings. The van der Waals surface area contributed by atoms with Crippen LogP contribution in [0.5, 0.6) is 0 Å². The number of hydrogen-bond donors (Lipinski definition) is 2. The molecular formula is C23H27ClN2O6S. The Kier molecular flexibility index (Phi) is 9.87. The standard InChI is InChI=1S/C23H27ClN2O6S/c1-5-17-13(3)33-22(21(17)23(30)31-6-2)26-19(28)12-32-20(29)11-18(25-14(4)27)15-7-9-16(24)10-8-15/h7-10,18H,5-6,11-12H2,1-4H3,(H,25,27)(H,26,28). The van der Waals surface area contributed by atoms with Crippen molar-refractivity contribution in [2.45, 2.75) is 46.6 Å². The maximum Gasteiger partial charge on any atom is 0.341 e. The van der Waals surface area contributed by atoms with Crippen molar-refractivity contribution in [3.8, 4) is 0 Å². The lowest BCUT2D eigenvalue weighted by atomic mass is 10.0. The second-order valence-corrected chi connectivity index (χ2v) is 8.79. The summed E-state index contributed by atoms with van der Waals surface area (Å²) in [6.07, 6.45) is 0.442. The van der Waals surface area contributed by atoms with E-state index in [4.69, 9.17) is 21.1 Å². The molecule has 1 aromatic heterocycles. The highest BCUT2D eigenvalue weighted by molar-refractivity contribution is 7.16. The van der Waals surface area contributed by atoms with Crippen molar-refractivity contribution >= 4 is 51.7 Å². The molecule has 1 heterocycles. The molecule has 2 rings (SSSR count). The first-order valence-corrected chi connectivity index (χ1v) is 11.6. The smallest absolute Gasteiger partial charge is 0.341 e. The number of aryl methyl sites for hydroxylation is 1. The predicted molar refractivity (Wildman–Crippen MR) is 127 cm³/mol. The van der Waals surface area contributed by atoms with Crippen LogP contribution in [0, 0.1) is 6.92 Å². The quantitative estimate of drug-likeness (QED) is 0.479. The van der Waals surface area contributed by atoms with E-state index in [0.29, 0.717) is 27.6 Å². The summed E-state index contributed by atoms with van der Waals surface area (Å²) < 4.78 is 10.2. The lowest BCUT2D eigenvalue weighted by Gasteiger charge is -2.17. The van der Waals surface area contributed by atoms with Crippen LogP contribution in [0.4, 0.5) is 5.00 Å². The molecule has 2 N–H and O–H groups in total. The number of hydrogen-bond acceptors (Lipinski definition) is 7. The Labute approximate surface area is 201 Å². The SMILES string of the molecule is CCOC(=O)c1c(NC(=O)COC(=O)CC(NC(C)=O)c2ccc(Cl)cc2)sc(C)c1CC. The molecular weight excluding hydrogens is 468 g/mol. The van der Waals surface area contributed by atoms with Crippen molar-refractivity contribution in [1.82, 2.24) is 5.32 Å². The number of thiophene rings is 1. The number of carbonyl (C=O) groups is 4. The number of esters is 2. The van der Waals surface area contributed by atoms with Crippen molar-refractivity contribution in [2.75, 3.05) is 18.5 Å². The summed E-state index contributed by atoms with van der Waals surface area (Å²) in [6.45, 7) is 6.51. The number of ether oxygens (including phenoxy) is 2. The van der Waals surface area contributed by atoms with Crippen molar-refractivity contribution in [3.05, 3.63) is 50.9 Å². The molecule has 0 bridgehead atoms. The molecule has 0 saturated heterocycles. The van der Waals surface area contributed by atoms with Crippen molar-refractivity contribution in [2.24, 2.45) is 0 Å². The van der Waals surface area contributed by atoms with Gasteiger partial charge in [0, 0.05) is 16.8 Å². The van der Waals surface area contributed by atoms with Crippen LogP contribution in [0.2, 0.25) is 5.02 Å². The van der Waals surface area contributed by atoms with Crippen LogP contribution in [0.1, 0.15) is 59.6 Å². The van der Waals surface area contributed by atoms with Crippen molar-refractivity contribution in [1.29, 1.82) is 0 Å². The molecule has 0 saturated carbocycles. The van der Waals surface area contributed by atoms with Gasteiger partial charge in [0.05, 0.1) is 24.6 Å². The highest BCUT2D eigenvalue weighted by Crippen LogP contribution is 2.34. The third kappa shape index (κ3) is 7.57. The van der Waals surface area contributed by atoms with Gasteiger partial charge in [0.25, 0.3) is 5.91 Å². The lowest BCUT2D eigenvalue weighted by molar-refractivity contribution is -0.148. The van der Waals surface area contributed by atoms with E-state index in [1.807, 2.05) is 13.8 Å². The van der Waals surface area contributed by atoms with Gasteiger partial charge in [0.2, 0.25) is 5.91 Å². The summed E-state index contributed by atoms with van der Waals surface area (Å²) >= 11 is 7.16. The zero-order chi connectivity index (χ0) is 24.5. The maximum absolute atomic E-state index is 12.4. The summed E-state index contributed by atoms with van der Waals surface area (Å²) in [6, 6.07) is 6.07. The fraction of sp³-hybridized carbons (Fsp3) is 0.391. The number of anilines is 1. The van der Waals surface area contributed by atoms with Crippen LogP contribution < -0.4 is 10.6 Å². The molecule has 0 fully saturated rings. The van der Waals surface area contributed by atoms with Gasteiger partial charge in [-0.3, -0.25) is 14.4 Å². The van der Waals surface area contributed by atoms with Crippen LogP contribution in [0.3, 0.4) is 0 Å². The molecule has 8 nitrogen and oxygen atoms in total. The second kappa shape index (κ2) is 12.4. The molecule has 10 heteroatoms. The molecule has 33 heavy (non-hydrogen) atoms. The van der Waals surface area contributed by atoms with E-state index in [2.05, 4.69) is 10.6 Å². The first-order chi connectivity index (χ1) is 15.7. The summed E-state index contributed by atoms with van der Waals surface area (Å²) in [5.41, 5.74) is 1.82. The summed E-state index contributed by atoms with van der Waals surface area (Å²) in [4.78, 5) is 49.6. The summed E-state index contributed by atoms with van der Waals surface area (Å²) in [5.74, 6) is -2.07. The molecule has 0 aliphatic rings. The Morgan fingerprint density at radius 1 is 1.09 bits per heavy atom. The maximum atomic E-state index is 12.4. The Hall–Kier alpha value is -2.91. The topological polar surface area (TPSA) is 111 Å². The fourth-order valence-corrected chi connectivity index (χ4v) is 4.51. The molecule has 0 spiro atoms. The van der Waals surface area contributed by atoms with Gasteiger partial charge in [0.15, 0.2) is 6.61 Å². The second-order valence-electron chi connectivity index (χ2n) is 7.13. The minimum atomic E-state index is -0.666. The van der Waals surface area contributed by atoms with Gasteiger partial charge in [-0.05, 0) is 43.5 Å². The molecule has 0 radical (unpaired) electrons. The first-order valence-electron chi connectivity index (χ1n) is 10.4. The van der Waals surface area contributed by atoms with Gasteiger partial charge in [-0.25, -0.2) is 4.79 Å². The number of halogens is 1. The molecule has 178 valence electrons. The van der Waals surface area contributed by atoms with Gasteiger partial charge in [-0.15, -0.1) is 11.3 Å². The van der Waals surface area contributed by atoms with E-state index in [1.165, 1.54) is 18.3 Å². The monoisotopic (exact) mass is 494 g/mol. The van der Waals surface area contributed by atoms with E-state index in [0.717, 1.165) is 10.4 Å². The Balaban J connectivity index is 2.02. The van der Waals surface area contributed by atoms with E-state index in [1.54, 1.807) is 31.2 Å². The average molecular weight is 495 g/mol. The van der Waals surface area contributed by atoms with E-state index < -0.39 is 30.5 Å². The molecule has 1 atom stereocenters. The zero-order valence-corrected chi connectivity index (χ0v) is 20.5. The number of carbonyl (C=O) groups excluding carboxylic acids is 4. The fourth-order valence-electron chi connectivity index (χ4n) is 3.24. The van der Waals surface area contributed by atoms with E-state index in [9.17, 15) is 19.2 Å². The zero-order valence-electron chi connectivity index (χ0n) is 19.0. The van der Waals surface area contributed by atoms with E-state index >= 15 is 0 Å². The number of nitrogens with one attached hydrogen (secondary N) is 2. The molecule has 0 aliphatic heterocycles. The Morgan fingerprint density at radius 3 is 2.33 bits per heavy atom. The van der Waals surface area contributed by atoms with Crippen LogP contribution in [0.15, 0.2) is 24.3 Å². The highest BCUT2D eigenvalue weighted by atomic mass is 35.5. The van der Waals surface area contributed by atoms with Crippen LogP contribution in [0.25, 0.3) is 0 Å². The van der Waals surface area contributed by atoms with Crippen molar-refractivity contribution < 1.29 is 28.7 Å². The third-order valence-corrected chi connectivity index (χ3v) is 5.99. The Bertz CT molecular complexity index is 1020. The van der Waals surface area contributed by atoms with Gasteiger partial charge in [-0.2, -0.15) is 0 Å². The van der Waals surface area contributed by atoms with E-state index in [-0.39, 0.29) is 18.9 Å². The lowest BCUT2D eigenvalue weighted by Crippen LogP contribution is -2.29. The minimum absolute atomic E-state index is 0.166. The molecule has 2 amide bonds. The summed E-state index contributed by atoms with van der Waals surface area (Å²) in [7, 11) is 0. The Morgan fingerprint density at radius 2 is 1.76 bits per heavy atom. The highest BCUT2D eigenvalue weighted by Gasteiger charge is 2.24. The number of benzene rings is 1. The van der Waals surface area contributed by atoms with Gasteiger partial charge in [0.1, 0.15) is 5.00 Å². The third-order valence-electron chi connectivity index (χ3n) is 4.68. The van der Waals surface area contributed by atoms with Gasteiger partial charge >= 0.3 is 11.9 Å². The largest absolute Gasteiger partial charge is 0.462 e. The van der Waals surface area contributed by atoms with Crippen LogP contribution in [-0.2, 0) is 30.3 Å². The van der Waals surface area contributed by atoms with Gasteiger partial charge < -0.3 is 20.1 Å². The summed E-state index contributed by atoms with van der Waals surface area (Å²) in [5, 5.41) is 6.22. The van der Waals surface area contributed by atoms with Crippen molar-refractivity contribution in [3.63, 3.8) is 0 Å². The predicted octanol–water partition coefficient (Wildman–Crippen LogP) is 4.20. The van der Waals surface area contributed by atoms with Crippen LogP contribution >= 0.6 is 22.9 Å². The molecule has 0 aliphatic carbocycles. The normalized spacial score (nSPS) is 11.4. The van der Waals surface area contributed by atoms with Gasteiger partial charge in [-0.1, -0.05) is 30.7 Å². The van der Waals surface area contributed by atoms with Crippen LogP contribution in [-0.4, -0.2) is 37.0 Å². The first kappa shape index (κ1) is 26.3. The number of amides is 2. The number of rotatable bonds is 10. The minimum Gasteiger partial charge on any atom is -0.462 e. The average Bonchev–Trinajstić information content (AvgIpc) is 3.06.